The maximum Gasteiger partial charge on any atom is 0.317 e. The molecule has 6 heteroatoms. The van der Waals surface area contributed by atoms with Gasteiger partial charge in [0.05, 0.1) is 6.54 Å². The SMILES string of the molecule is CCC(C)c1ccccc1OCC(=O)NC1CC(N(CC)CC(=O)O)C1. The third-order valence-corrected chi connectivity index (χ3v) is 5.16. The molecule has 1 atom stereocenters. The second-order valence-electron chi connectivity index (χ2n) is 6.98. The molecule has 0 radical (unpaired) electrons. The molecule has 1 saturated carbocycles. The van der Waals surface area contributed by atoms with E-state index in [1.54, 1.807) is 0 Å². The van der Waals surface area contributed by atoms with Gasteiger partial charge in [-0.3, -0.25) is 14.5 Å². The number of hydrogen-bond donors (Lipinski definition) is 2. The molecule has 0 bridgehead atoms. The number of rotatable bonds is 10. The lowest BCUT2D eigenvalue weighted by Gasteiger charge is -2.42. The van der Waals surface area contributed by atoms with Crippen LogP contribution in [0.3, 0.4) is 0 Å². The van der Waals surface area contributed by atoms with Crippen LogP contribution in [-0.4, -0.2) is 53.7 Å². The van der Waals surface area contributed by atoms with E-state index in [4.69, 9.17) is 9.84 Å². The van der Waals surface area contributed by atoms with E-state index in [1.807, 2.05) is 36.1 Å². The molecule has 0 spiro atoms. The molecule has 1 aliphatic rings. The summed E-state index contributed by atoms with van der Waals surface area (Å²) in [6.45, 7) is 6.99. The standard InChI is InChI=1S/C20H30N2O4/c1-4-14(3)17-8-6-7-9-18(17)26-13-19(23)21-15-10-16(11-15)22(5-2)12-20(24)25/h6-9,14-16H,4-5,10-13H2,1-3H3,(H,21,23)(H,24,25). The van der Waals surface area contributed by atoms with Crippen molar-refractivity contribution in [3.63, 3.8) is 0 Å². The molecule has 1 fully saturated rings. The van der Waals surface area contributed by atoms with Crippen molar-refractivity contribution < 1.29 is 19.4 Å². The van der Waals surface area contributed by atoms with Crippen molar-refractivity contribution in [2.45, 2.75) is 58.0 Å². The monoisotopic (exact) mass is 362 g/mol. The maximum absolute atomic E-state index is 12.2. The summed E-state index contributed by atoms with van der Waals surface area (Å²) >= 11 is 0. The minimum Gasteiger partial charge on any atom is -0.483 e. The van der Waals surface area contributed by atoms with Gasteiger partial charge >= 0.3 is 5.97 Å². The zero-order valence-corrected chi connectivity index (χ0v) is 15.9. The second-order valence-corrected chi connectivity index (χ2v) is 6.98. The lowest BCUT2D eigenvalue weighted by molar-refractivity contribution is -0.139. The van der Waals surface area contributed by atoms with E-state index < -0.39 is 5.97 Å². The molecular formula is C20H30N2O4. The average Bonchev–Trinajstić information content (AvgIpc) is 2.60. The van der Waals surface area contributed by atoms with Gasteiger partial charge in [-0.15, -0.1) is 0 Å². The highest BCUT2D eigenvalue weighted by atomic mass is 16.5. The molecule has 1 aromatic rings. The number of benzene rings is 1. The van der Waals surface area contributed by atoms with Crippen LogP contribution in [0.25, 0.3) is 0 Å². The number of carboxylic acids is 1. The molecule has 0 heterocycles. The zero-order chi connectivity index (χ0) is 19.1. The van der Waals surface area contributed by atoms with Gasteiger partial charge in [0, 0.05) is 12.1 Å². The highest BCUT2D eigenvalue weighted by Gasteiger charge is 2.34. The second kappa shape index (κ2) is 9.57. The predicted molar refractivity (Wildman–Crippen MR) is 100 cm³/mol. The number of aliphatic carboxylic acids is 1. The fourth-order valence-corrected chi connectivity index (χ4v) is 3.33. The van der Waals surface area contributed by atoms with Crippen molar-refractivity contribution in [2.75, 3.05) is 19.7 Å². The molecule has 0 aromatic heterocycles. The van der Waals surface area contributed by atoms with E-state index in [0.29, 0.717) is 12.5 Å². The van der Waals surface area contributed by atoms with Gasteiger partial charge in [-0.1, -0.05) is 39.0 Å². The number of carbonyl (C=O) groups is 2. The minimum atomic E-state index is -0.812. The van der Waals surface area contributed by atoms with Crippen molar-refractivity contribution in [3.8, 4) is 5.75 Å². The van der Waals surface area contributed by atoms with Crippen LogP contribution < -0.4 is 10.1 Å². The highest BCUT2D eigenvalue weighted by molar-refractivity contribution is 5.78. The van der Waals surface area contributed by atoms with Gasteiger partial charge < -0.3 is 15.2 Å². The number of carboxylic acid groups (broad SMARTS) is 1. The molecular weight excluding hydrogens is 332 g/mol. The first kappa shape index (κ1) is 20.2. The van der Waals surface area contributed by atoms with Crippen LogP contribution in [0, 0.1) is 0 Å². The zero-order valence-electron chi connectivity index (χ0n) is 15.9. The number of ether oxygens (including phenoxy) is 1. The van der Waals surface area contributed by atoms with Gasteiger partial charge in [0.1, 0.15) is 5.75 Å². The van der Waals surface area contributed by atoms with E-state index in [-0.39, 0.29) is 31.1 Å². The molecule has 0 aliphatic heterocycles. The van der Waals surface area contributed by atoms with Crippen LogP contribution in [0.1, 0.15) is 51.5 Å². The lowest BCUT2D eigenvalue weighted by Crippen LogP contribution is -2.55. The van der Waals surface area contributed by atoms with Gasteiger partial charge in [0.15, 0.2) is 6.61 Å². The summed E-state index contributed by atoms with van der Waals surface area (Å²) in [6, 6.07) is 8.17. The summed E-state index contributed by atoms with van der Waals surface area (Å²) in [5, 5.41) is 11.9. The van der Waals surface area contributed by atoms with E-state index >= 15 is 0 Å². The molecule has 6 nitrogen and oxygen atoms in total. The van der Waals surface area contributed by atoms with Crippen molar-refractivity contribution >= 4 is 11.9 Å². The predicted octanol–water partition coefficient (Wildman–Crippen LogP) is 2.63. The van der Waals surface area contributed by atoms with Crippen LogP contribution >= 0.6 is 0 Å². The number of amides is 1. The van der Waals surface area contributed by atoms with E-state index in [2.05, 4.69) is 19.2 Å². The Morgan fingerprint density at radius 3 is 2.62 bits per heavy atom. The third kappa shape index (κ3) is 5.46. The Labute approximate surface area is 155 Å². The Hall–Kier alpha value is -2.08. The first-order chi connectivity index (χ1) is 12.4. The number of likely N-dealkylation sites (N-methyl/N-ethyl adjacent to an activating group) is 1. The van der Waals surface area contributed by atoms with Gasteiger partial charge in [0.25, 0.3) is 5.91 Å². The Balaban J connectivity index is 1.77. The average molecular weight is 362 g/mol. The molecule has 1 aromatic carbocycles. The molecule has 144 valence electrons. The first-order valence-electron chi connectivity index (χ1n) is 9.41. The molecule has 1 aliphatic carbocycles. The summed E-state index contributed by atoms with van der Waals surface area (Å²) in [4.78, 5) is 24.9. The molecule has 1 unspecified atom stereocenters. The smallest absolute Gasteiger partial charge is 0.317 e. The van der Waals surface area contributed by atoms with Gasteiger partial charge in [-0.2, -0.15) is 0 Å². The van der Waals surface area contributed by atoms with E-state index in [9.17, 15) is 9.59 Å². The Bertz CT molecular complexity index is 614. The van der Waals surface area contributed by atoms with Crippen LogP contribution in [0.5, 0.6) is 5.75 Å². The summed E-state index contributed by atoms with van der Waals surface area (Å²) in [5.41, 5.74) is 1.12. The van der Waals surface area contributed by atoms with Gasteiger partial charge in [-0.25, -0.2) is 0 Å². The quantitative estimate of drug-likeness (QED) is 0.669. The fourth-order valence-electron chi connectivity index (χ4n) is 3.33. The van der Waals surface area contributed by atoms with E-state index in [1.165, 1.54) is 0 Å². The summed E-state index contributed by atoms with van der Waals surface area (Å²) < 4.78 is 5.74. The van der Waals surface area contributed by atoms with Crippen molar-refractivity contribution in [3.05, 3.63) is 29.8 Å². The Kier molecular flexibility index (Phi) is 7.45. The Morgan fingerprint density at radius 1 is 1.31 bits per heavy atom. The summed E-state index contributed by atoms with van der Waals surface area (Å²) in [7, 11) is 0. The third-order valence-electron chi connectivity index (χ3n) is 5.16. The molecule has 1 amide bonds. The maximum atomic E-state index is 12.2. The van der Waals surface area contributed by atoms with Crippen molar-refractivity contribution in [2.24, 2.45) is 0 Å². The van der Waals surface area contributed by atoms with Crippen LogP contribution in [0.15, 0.2) is 24.3 Å². The number of nitrogens with zero attached hydrogens (tertiary/aromatic N) is 1. The number of para-hydroxylation sites is 1. The van der Waals surface area contributed by atoms with Crippen LogP contribution in [0.2, 0.25) is 0 Å². The molecule has 2 N–H and O–H groups in total. The summed E-state index contributed by atoms with van der Waals surface area (Å²) in [6.07, 6.45) is 2.59. The molecule has 0 saturated heterocycles. The summed E-state index contributed by atoms with van der Waals surface area (Å²) in [5.74, 6) is 0.208. The minimum absolute atomic E-state index is 0.00122. The van der Waals surface area contributed by atoms with Crippen LogP contribution in [0.4, 0.5) is 0 Å². The lowest BCUT2D eigenvalue weighted by atomic mass is 9.85. The fraction of sp³-hybridized carbons (Fsp3) is 0.600. The largest absolute Gasteiger partial charge is 0.483 e. The number of carbonyl (C=O) groups excluding carboxylic acids is 1. The first-order valence-corrected chi connectivity index (χ1v) is 9.41. The van der Waals surface area contributed by atoms with E-state index in [0.717, 1.165) is 30.6 Å². The van der Waals surface area contributed by atoms with Crippen molar-refractivity contribution in [1.82, 2.24) is 10.2 Å². The highest BCUT2D eigenvalue weighted by Crippen LogP contribution is 2.28. The molecule has 26 heavy (non-hydrogen) atoms. The van der Waals surface area contributed by atoms with Crippen molar-refractivity contribution in [1.29, 1.82) is 0 Å². The van der Waals surface area contributed by atoms with Gasteiger partial charge in [-0.05, 0) is 43.4 Å². The number of hydrogen-bond acceptors (Lipinski definition) is 4. The molecule has 2 rings (SSSR count). The topological polar surface area (TPSA) is 78.9 Å². The van der Waals surface area contributed by atoms with Crippen LogP contribution in [-0.2, 0) is 9.59 Å². The normalized spacial score (nSPS) is 20.3. The Morgan fingerprint density at radius 2 is 2.00 bits per heavy atom. The van der Waals surface area contributed by atoms with Gasteiger partial charge in [0.2, 0.25) is 0 Å². The number of nitrogens with one attached hydrogen (secondary N) is 1.